The van der Waals surface area contributed by atoms with Crippen LogP contribution in [0.2, 0.25) is 0 Å². The molecule has 4 rings (SSSR count). The summed E-state index contributed by atoms with van der Waals surface area (Å²) < 4.78 is 7.70. The molecule has 1 aliphatic rings. The van der Waals surface area contributed by atoms with Crippen LogP contribution in [-0.4, -0.2) is 35.6 Å². The lowest BCUT2D eigenvalue weighted by Crippen LogP contribution is -2.34. The van der Waals surface area contributed by atoms with Crippen molar-refractivity contribution >= 4 is 16.9 Å². The van der Waals surface area contributed by atoms with E-state index in [1.54, 1.807) is 0 Å². The first kappa shape index (κ1) is 17.8. The molecule has 0 bridgehead atoms. The SMILES string of the molecule is CN(C)C1CCc2c(c3ccccc3n2CC(=O)OCc2ccccc2)C1. The molecule has 0 spiro atoms. The van der Waals surface area contributed by atoms with Crippen molar-refractivity contribution in [3.8, 4) is 0 Å². The van der Waals surface area contributed by atoms with Crippen LogP contribution in [0.25, 0.3) is 10.9 Å². The van der Waals surface area contributed by atoms with Crippen molar-refractivity contribution in [3.63, 3.8) is 0 Å². The van der Waals surface area contributed by atoms with Crippen LogP contribution in [0.3, 0.4) is 0 Å². The Bertz CT molecular complexity index is 944. The molecule has 0 radical (unpaired) electrons. The molecule has 1 aromatic heterocycles. The Balaban J connectivity index is 1.58. The van der Waals surface area contributed by atoms with E-state index in [4.69, 9.17) is 4.74 Å². The van der Waals surface area contributed by atoms with Gasteiger partial charge in [-0.05, 0) is 50.6 Å². The number of rotatable bonds is 5. The van der Waals surface area contributed by atoms with Gasteiger partial charge in [0.25, 0.3) is 0 Å². The molecule has 2 aromatic carbocycles. The summed E-state index contributed by atoms with van der Waals surface area (Å²) in [6, 6.07) is 18.8. The zero-order valence-corrected chi connectivity index (χ0v) is 16.0. The number of fused-ring (bicyclic) bond motifs is 3. The summed E-state index contributed by atoms with van der Waals surface area (Å²) in [6.07, 6.45) is 3.16. The Kier molecular flexibility index (Phi) is 4.99. The lowest BCUT2D eigenvalue weighted by atomic mass is 9.91. The largest absolute Gasteiger partial charge is 0.459 e. The zero-order chi connectivity index (χ0) is 18.8. The van der Waals surface area contributed by atoms with Gasteiger partial charge in [-0.3, -0.25) is 4.79 Å². The second kappa shape index (κ2) is 7.57. The normalized spacial score (nSPS) is 16.5. The first-order chi connectivity index (χ1) is 13.1. The monoisotopic (exact) mass is 362 g/mol. The topological polar surface area (TPSA) is 34.5 Å². The highest BCUT2D eigenvalue weighted by molar-refractivity contribution is 5.87. The van der Waals surface area contributed by atoms with Gasteiger partial charge in [-0.15, -0.1) is 0 Å². The van der Waals surface area contributed by atoms with E-state index in [2.05, 4.69) is 41.8 Å². The fraction of sp³-hybridized carbons (Fsp3) is 0.348. The number of nitrogens with zero attached hydrogens (tertiary/aromatic N) is 2. The highest BCUT2D eigenvalue weighted by Crippen LogP contribution is 2.33. The van der Waals surface area contributed by atoms with Crippen molar-refractivity contribution in [2.45, 2.75) is 38.5 Å². The van der Waals surface area contributed by atoms with E-state index in [1.807, 2.05) is 36.4 Å². The molecular formula is C23H26N2O2. The second-order valence-corrected chi connectivity index (χ2v) is 7.54. The van der Waals surface area contributed by atoms with Gasteiger partial charge in [-0.2, -0.15) is 0 Å². The third-order valence-corrected chi connectivity index (χ3v) is 5.61. The van der Waals surface area contributed by atoms with Gasteiger partial charge in [0.05, 0.1) is 0 Å². The zero-order valence-electron chi connectivity index (χ0n) is 16.0. The maximum absolute atomic E-state index is 12.5. The molecule has 1 unspecified atom stereocenters. The number of benzene rings is 2. The number of carbonyl (C=O) groups excluding carboxylic acids is 1. The molecule has 3 aromatic rings. The summed E-state index contributed by atoms with van der Waals surface area (Å²) in [5.41, 5.74) is 4.84. The van der Waals surface area contributed by atoms with E-state index >= 15 is 0 Å². The molecule has 0 N–H and O–H groups in total. The van der Waals surface area contributed by atoms with Crippen LogP contribution in [0.1, 0.15) is 23.2 Å². The maximum atomic E-state index is 12.5. The molecule has 0 saturated heterocycles. The molecule has 1 atom stereocenters. The molecule has 0 aliphatic heterocycles. The highest BCUT2D eigenvalue weighted by Gasteiger charge is 2.27. The molecule has 27 heavy (non-hydrogen) atoms. The van der Waals surface area contributed by atoms with Gasteiger partial charge in [0.15, 0.2) is 0 Å². The summed E-state index contributed by atoms with van der Waals surface area (Å²) in [6.45, 7) is 0.596. The molecule has 4 heteroatoms. The van der Waals surface area contributed by atoms with Crippen molar-refractivity contribution in [2.75, 3.05) is 14.1 Å². The number of carbonyl (C=O) groups is 1. The Morgan fingerprint density at radius 2 is 1.85 bits per heavy atom. The van der Waals surface area contributed by atoms with E-state index < -0.39 is 0 Å². The van der Waals surface area contributed by atoms with Gasteiger partial charge >= 0.3 is 5.97 Å². The van der Waals surface area contributed by atoms with E-state index in [1.165, 1.54) is 16.6 Å². The first-order valence-electron chi connectivity index (χ1n) is 9.58. The summed E-state index contributed by atoms with van der Waals surface area (Å²) in [5, 5.41) is 1.27. The van der Waals surface area contributed by atoms with Gasteiger partial charge in [-0.25, -0.2) is 0 Å². The standard InChI is InChI=1S/C23H26N2O2/c1-24(2)18-12-13-22-20(14-18)19-10-6-7-11-21(19)25(22)15-23(26)27-16-17-8-4-3-5-9-17/h3-11,18H,12-16H2,1-2H3. The second-order valence-electron chi connectivity index (χ2n) is 7.54. The molecule has 1 aliphatic carbocycles. The van der Waals surface area contributed by atoms with E-state index in [-0.39, 0.29) is 12.5 Å². The van der Waals surface area contributed by atoms with Crippen molar-refractivity contribution in [1.29, 1.82) is 0 Å². The van der Waals surface area contributed by atoms with Gasteiger partial charge in [-0.1, -0.05) is 48.5 Å². The summed E-state index contributed by atoms with van der Waals surface area (Å²) in [4.78, 5) is 14.8. The van der Waals surface area contributed by atoms with Gasteiger partial charge in [0.2, 0.25) is 0 Å². The minimum atomic E-state index is -0.183. The molecule has 0 fully saturated rings. The van der Waals surface area contributed by atoms with Crippen LogP contribution in [0.15, 0.2) is 54.6 Å². The van der Waals surface area contributed by atoms with Crippen LogP contribution in [0.5, 0.6) is 0 Å². The molecular weight excluding hydrogens is 336 g/mol. The van der Waals surface area contributed by atoms with Gasteiger partial charge in [0, 0.05) is 22.6 Å². The number of esters is 1. The van der Waals surface area contributed by atoms with Crippen LogP contribution in [0.4, 0.5) is 0 Å². The average molecular weight is 362 g/mol. The minimum absolute atomic E-state index is 0.183. The van der Waals surface area contributed by atoms with E-state index in [0.717, 1.165) is 30.3 Å². The lowest BCUT2D eigenvalue weighted by Gasteiger charge is -2.29. The van der Waals surface area contributed by atoms with E-state index in [0.29, 0.717) is 12.6 Å². The molecule has 1 heterocycles. The fourth-order valence-electron chi connectivity index (χ4n) is 4.12. The maximum Gasteiger partial charge on any atom is 0.326 e. The molecule has 4 nitrogen and oxygen atoms in total. The first-order valence-corrected chi connectivity index (χ1v) is 9.58. The third-order valence-electron chi connectivity index (χ3n) is 5.61. The van der Waals surface area contributed by atoms with Crippen LogP contribution < -0.4 is 0 Å². The van der Waals surface area contributed by atoms with Crippen LogP contribution in [0, 0.1) is 0 Å². The summed E-state index contributed by atoms with van der Waals surface area (Å²) in [7, 11) is 4.30. The quantitative estimate of drug-likeness (QED) is 0.648. The van der Waals surface area contributed by atoms with Crippen molar-refractivity contribution in [1.82, 2.24) is 9.47 Å². The Hall–Kier alpha value is -2.59. The Morgan fingerprint density at radius 3 is 2.63 bits per heavy atom. The average Bonchev–Trinajstić information content (AvgIpc) is 3.00. The smallest absolute Gasteiger partial charge is 0.326 e. The van der Waals surface area contributed by atoms with Crippen LogP contribution >= 0.6 is 0 Å². The van der Waals surface area contributed by atoms with Crippen molar-refractivity contribution in [2.24, 2.45) is 0 Å². The minimum Gasteiger partial charge on any atom is -0.459 e. The van der Waals surface area contributed by atoms with Gasteiger partial charge < -0.3 is 14.2 Å². The number of hydrogen-bond donors (Lipinski definition) is 0. The Morgan fingerprint density at radius 1 is 1.11 bits per heavy atom. The number of aromatic nitrogens is 1. The summed E-state index contributed by atoms with van der Waals surface area (Å²) in [5.74, 6) is -0.183. The van der Waals surface area contributed by atoms with Crippen LogP contribution in [-0.2, 0) is 35.5 Å². The van der Waals surface area contributed by atoms with Crippen molar-refractivity contribution in [3.05, 3.63) is 71.4 Å². The highest BCUT2D eigenvalue weighted by atomic mass is 16.5. The number of likely N-dealkylation sites (N-methyl/N-ethyl adjacent to an activating group) is 1. The molecule has 0 amide bonds. The lowest BCUT2D eigenvalue weighted by molar-refractivity contribution is -0.145. The predicted octanol–water partition coefficient (Wildman–Crippen LogP) is 3.80. The number of para-hydroxylation sites is 1. The van der Waals surface area contributed by atoms with Gasteiger partial charge in [0.1, 0.15) is 13.2 Å². The Labute approximate surface area is 160 Å². The molecule has 140 valence electrons. The fourth-order valence-corrected chi connectivity index (χ4v) is 4.12. The number of hydrogen-bond acceptors (Lipinski definition) is 3. The third kappa shape index (κ3) is 3.62. The predicted molar refractivity (Wildman–Crippen MR) is 108 cm³/mol. The van der Waals surface area contributed by atoms with E-state index in [9.17, 15) is 4.79 Å². The summed E-state index contributed by atoms with van der Waals surface area (Å²) >= 11 is 0. The molecule has 0 saturated carbocycles. The van der Waals surface area contributed by atoms with Crippen molar-refractivity contribution < 1.29 is 9.53 Å². The number of ether oxygens (including phenoxy) is 1.